The highest BCUT2D eigenvalue weighted by Gasteiger charge is 2.19. The van der Waals surface area contributed by atoms with Crippen molar-refractivity contribution in [3.05, 3.63) is 5.82 Å². The molecule has 1 aromatic rings. The predicted octanol–water partition coefficient (Wildman–Crippen LogP) is 1.69. The van der Waals surface area contributed by atoms with Crippen LogP contribution in [-0.4, -0.2) is 39.5 Å². The van der Waals surface area contributed by atoms with Crippen molar-refractivity contribution in [2.24, 2.45) is 10.7 Å². The van der Waals surface area contributed by atoms with E-state index in [0.29, 0.717) is 17.9 Å². The molecule has 0 bridgehead atoms. The standard InChI is InChI=1S/C14H22N6O.C2H6/c1-5-11-19-13(16)12(17-6-2)14(20-11)18-9(4)10(21)7-8(3)15;1-2/h1,6,8-10,21H,7,15H2,2-4H3,(H3,16,18,19,20);1-2H3. The fourth-order valence-electron chi connectivity index (χ4n) is 1.79. The molecule has 0 radical (unpaired) electrons. The summed E-state index contributed by atoms with van der Waals surface area (Å²) in [6.45, 7) is 9.41. The number of nitrogens with zero attached hydrogens (tertiary/aromatic N) is 3. The number of rotatable bonds is 6. The van der Waals surface area contributed by atoms with Crippen molar-refractivity contribution in [3.63, 3.8) is 0 Å². The van der Waals surface area contributed by atoms with Crippen molar-refractivity contribution in [3.8, 4) is 12.3 Å². The summed E-state index contributed by atoms with van der Waals surface area (Å²) < 4.78 is 0. The minimum atomic E-state index is -0.631. The molecule has 0 aliphatic carbocycles. The quantitative estimate of drug-likeness (QED) is 0.467. The molecular weight excluding hydrogens is 292 g/mol. The fraction of sp³-hybridized carbons (Fsp3) is 0.562. The first kappa shape index (κ1) is 20.8. The van der Waals surface area contributed by atoms with E-state index in [0.717, 1.165) is 0 Å². The Balaban J connectivity index is 0.00000232. The number of aliphatic imine (C=N–C) groups is 1. The van der Waals surface area contributed by atoms with Gasteiger partial charge >= 0.3 is 0 Å². The van der Waals surface area contributed by atoms with Crippen LogP contribution in [0.5, 0.6) is 0 Å². The Morgan fingerprint density at radius 3 is 2.48 bits per heavy atom. The highest BCUT2D eigenvalue weighted by atomic mass is 16.3. The van der Waals surface area contributed by atoms with E-state index in [-0.39, 0.29) is 23.7 Å². The smallest absolute Gasteiger partial charge is 0.208 e. The molecule has 0 aromatic carbocycles. The first-order valence-electron chi connectivity index (χ1n) is 7.72. The second kappa shape index (κ2) is 10.5. The van der Waals surface area contributed by atoms with Crippen LogP contribution in [0.25, 0.3) is 0 Å². The third kappa shape index (κ3) is 6.63. The van der Waals surface area contributed by atoms with E-state index >= 15 is 0 Å². The summed E-state index contributed by atoms with van der Waals surface area (Å²) in [7, 11) is 0. The first-order valence-corrected chi connectivity index (χ1v) is 7.72. The Hall–Kier alpha value is -2.17. The summed E-state index contributed by atoms with van der Waals surface area (Å²) >= 11 is 0. The van der Waals surface area contributed by atoms with Crippen LogP contribution >= 0.6 is 0 Å². The third-order valence-corrected chi connectivity index (χ3v) is 2.85. The van der Waals surface area contributed by atoms with Gasteiger partial charge in [-0.25, -0.2) is 9.97 Å². The molecule has 0 saturated heterocycles. The molecule has 1 aromatic heterocycles. The van der Waals surface area contributed by atoms with Crippen molar-refractivity contribution < 1.29 is 5.11 Å². The lowest BCUT2D eigenvalue weighted by molar-refractivity contribution is 0.141. The molecule has 1 rings (SSSR count). The molecule has 6 N–H and O–H groups in total. The normalized spacial score (nSPS) is 14.3. The molecule has 0 aliphatic heterocycles. The van der Waals surface area contributed by atoms with Gasteiger partial charge in [0, 0.05) is 12.3 Å². The van der Waals surface area contributed by atoms with Crippen molar-refractivity contribution in [2.45, 2.75) is 59.2 Å². The number of nitrogens with two attached hydrogens (primary N) is 2. The Kier molecular flexibility index (Phi) is 9.54. The monoisotopic (exact) mass is 320 g/mol. The zero-order valence-electron chi connectivity index (χ0n) is 14.5. The van der Waals surface area contributed by atoms with Gasteiger partial charge in [0.25, 0.3) is 0 Å². The average Bonchev–Trinajstić information content (AvgIpc) is 2.51. The molecular formula is C16H28N6O. The lowest BCUT2D eigenvalue weighted by atomic mass is 10.1. The number of hydrogen-bond acceptors (Lipinski definition) is 7. The van der Waals surface area contributed by atoms with E-state index < -0.39 is 6.10 Å². The minimum Gasteiger partial charge on any atom is -0.391 e. The fourth-order valence-corrected chi connectivity index (χ4v) is 1.79. The average molecular weight is 320 g/mol. The predicted molar refractivity (Wildman–Crippen MR) is 96.9 cm³/mol. The van der Waals surface area contributed by atoms with Crippen LogP contribution in [0.3, 0.4) is 0 Å². The summed E-state index contributed by atoms with van der Waals surface area (Å²) in [4.78, 5) is 12.3. The number of nitrogen functional groups attached to an aromatic ring is 1. The molecule has 128 valence electrons. The molecule has 0 spiro atoms. The Morgan fingerprint density at radius 1 is 1.39 bits per heavy atom. The van der Waals surface area contributed by atoms with Crippen LogP contribution in [0.2, 0.25) is 0 Å². The summed E-state index contributed by atoms with van der Waals surface area (Å²) in [5.74, 6) is 3.08. The zero-order chi connectivity index (χ0) is 18.0. The van der Waals surface area contributed by atoms with Gasteiger partial charge in [0.2, 0.25) is 5.82 Å². The van der Waals surface area contributed by atoms with Crippen LogP contribution in [0.1, 0.15) is 46.9 Å². The molecule has 0 amide bonds. The first-order chi connectivity index (χ1) is 10.9. The largest absolute Gasteiger partial charge is 0.391 e. The number of hydrogen-bond donors (Lipinski definition) is 4. The van der Waals surface area contributed by atoms with Crippen LogP contribution in [0, 0.1) is 12.3 Å². The zero-order valence-corrected chi connectivity index (χ0v) is 14.5. The third-order valence-electron chi connectivity index (χ3n) is 2.85. The number of aliphatic hydroxyl groups excluding tert-OH is 1. The second-order valence-electron chi connectivity index (χ2n) is 4.87. The minimum absolute atomic E-state index is 0.103. The van der Waals surface area contributed by atoms with Crippen LogP contribution < -0.4 is 16.8 Å². The van der Waals surface area contributed by atoms with E-state index in [1.165, 1.54) is 0 Å². The maximum absolute atomic E-state index is 10.1. The van der Waals surface area contributed by atoms with Crippen molar-refractivity contribution >= 4 is 23.5 Å². The lowest BCUT2D eigenvalue weighted by Gasteiger charge is -2.23. The molecule has 0 aliphatic rings. The van der Waals surface area contributed by atoms with Crippen molar-refractivity contribution in [1.29, 1.82) is 0 Å². The highest BCUT2D eigenvalue weighted by molar-refractivity contribution is 5.77. The van der Waals surface area contributed by atoms with Gasteiger partial charge in [-0.15, -0.1) is 6.42 Å². The molecule has 0 saturated carbocycles. The van der Waals surface area contributed by atoms with Crippen LogP contribution in [0.15, 0.2) is 4.99 Å². The van der Waals surface area contributed by atoms with Gasteiger partial charge in [0.1, 0.15) is 5.69 Å². The SMILES string of the molecule is C#Cc1nc(N)c(N=CC)c(NC(C)C(O)CC(C)N)n1.CC. The van der Waals surface area contributed by atoms with E-state index in [1.807, 2.05) is 27.7 Å². The van der Waals surface area contributed by atoms with Crippen molar-refractivity contribution in [1.82, 2.24) is 9.97 Å². The van der Waals surface area contributed by atoms with E-state index in [2.05, 4.69) is 26.2 Å². The van der Waals surface area contributed by atoms with Gasteiger partial charge in [-0.3, -0.25) is 4.99 Å². The van der Waals surface area contributed by atoms with Gasteiger partial charge in [-0.2, -0.15) is 0 Å². The van der Waals surface area contributed by atoms with Gasteiger partial charge in [-0.1, -0.05) is 13.8 Å². The lowest BCUT2D eigenvalue weighted by Crippen LogP contribution is -2.35. The van der Waals surface area contributed by atoms with E-state index in [1.54, 1.807) is 13.1 Å². The summed E-state index contributed by atoms with van der Waals surface area (Å²) in [6, 6.07) is -0.393. The van der Waals surface area contributed by atoms with Gasteiger partial charge in [-0.05, 0) is 33.1 Å². The molecule has 0 fully saturated rings. The Morgan fingerprint density at radius 2 is 2.00 bits per heavy atom. The summed E-state index contributed by atoms with van der Waals surface area (Å²) in [6.07, 6.45) is 6.72. The highest BCUT2D eigenvalue weighted by Crippen LogP contribution is 2.29. The number of terminal acetylenes is 1. The van der Waals surface area contributed by atoms with E-state index in [4.69, 9.17) is 17.9 Å². The van der Waals surface area contributed by atoms with Gasteiger partial charge in [0.05, 0.1) is 12.1 Å². The topological polar surface area (TPSA) is 122 Å². The summed E-state index contributed by atoms with van der Waals surface area (Å²) in [5.41, 5.74) is 11.9. The molecule has 23 heavy (non-hydrogen) atoms. The van der Waals surface area contributed by atoms with Crippen molar-refractivity contribution in [2.75, 3.05) is 11.1 Å². The maximum atomic E-state index is 10.1. The Bertz CT molecular complexity index is 550. The van der Waals surface area contributed by atoms with Gasteiger partial charge in [0.15, 0.2) is 11.6 Å². The second-order valence-corrected chi connectivity index (χ2v) is 4.87. The molecule has 3 atom stereocenters. The maximum Gasteiger partial charge on any atom is 0.208 e. The van der Waals surface area contributed by atoms with Crippen LogP contribution in [0.4, 0.5) is 17.3 Å². The van der Waals surface area contributed by atoms with E-state index in [9.17, 15) is 5.11 Å². The van der Waals surface area contributed by atoms with Gasteiger partial charge < -0.3 is 21.9 Å². The van der Waals surface area contributed by atoms with Crippen LogP contribution in [-0.2, 0) is 0 Å². The number of aromatic nitrogens is 2. The number of anilines is 2. The molecule has 7 nitrogen and oxygen atoms in total. The Labute approximate surface area is 138 Å². The number of aliphatic hydroxyl groups is 1. The summed E-state index contributed by atoms with van der Waals surface area (Å²) in [5, 5.41) is 13.1. The molecule has 3 unspecified atom stereocenters. The number of nitrogens with one attached hydrogen (secondary N) is 1. The molecule has 1 heterocycles. The molecule has 7 heteroatoms.